The van der Waals surface area contributed by atoms with E-state index in [0.717, 1.165) is 54.6 Å². The van der Waals surface area contributed by atoms with Crippen molar-refractivity contribution in [1.29, 1.82) is 0 Å². The standard InChI is InChI=1S/C23H31N3OS/c1-17-9-10-20(15-18(17)2)24-23(28)26(21-11-13-25(3)14-12-21)16-19-7-5-6-8-22(19)27-4/h5-10,15,21H,11-14,16H2,1-4H3,(H,24,28). The maximum Gasteiger partial charge on any atom is 0.173 e. The second-order valence-electron chi connectivity index (χ2n) is 7.70. The first-order chi connectivity index (χ1) is 13.5. The zero-order valence-electron chi connectivity index (χ0n) is 17.4. The van der Waals surface area contributed by atoms with Crippen molar-refractivity contribution in [3.8, 4) is 5.75 Å². The molecule has 0 aromatic heterocycles. The van der Waals surface area contributed by atoms with Gasteiger partial charge in [-0.3, -0.25) is 0 Å². The number of hydrogen-bond donors (Lipinski definition) is 1. The minimum Gasteiger partial charge on any atom is -0.496 e. The van der Waals surface area contributed by atoms with Crippen LogP contribution in [0.25, 0.3) is 0 Å². The van der Waals surface area contributed by atoms with E-state index in [2.05, 4.69) is 66.3 Å². The molecular weight excluding hydrogens is 366 g/mol. The normalized spacial score (nSPS) is 15.3. The van der Waals surface area contributed by atoms with E-state index in [9.17, 15) is 0 Å². The van der Waals surface area contributed by atoms with E-state index in [-0.39, 0.29) is 0 Å². The number of nitrogens with one attached hydrogen (secondary N) is 1. The molecule has 28 heavy (non-hydrogen) atoms. The third-order valence-corrected chi connectivity index (χ3v) is 6.02. The van der Waals surface area contributed by atoms with Crippen LogP contribution in [0.5, 0.6) is 5.75 Å². The topological polar surface area (TPSA) is 27.7 Å². The second-order valence-corrected chi connectivity index (χ2v) is 8.09. The molecule has 2 aromatic rings. The average Bonchev–Trinajstić information content (AvgIpc) is 2.70. The Kier molecular flexibility index (Phi) is 6.92. The Morgan fingerprint density at radius 1 is 1.14 bits per heavy atom. The van der Waals surface area contributed by atoms with Crippen molar-refractivity contribution in [2.45, 2.75) is 39.3 Å². The molecule has 3 rings (SSSR count). The number of para-hydroxylation sites is 1. The van der Waals surface area contributed by atoms with Gasteiger partial charge in [0, 0.05) is 23.8 Å². The van der Waals surface area contributed by atoms with E-state index in [4.69, 9.17) is 17.0 Å². The number of likely N-dealkylation sites (tertiary alicyclic amines) is 1. The van der Waals surface area contributed by atoms with Crippen LogP contribution in [0.4, 0.5) is 5.69 Å². The van der Waals surface area contributed by atoms with E-state index >= 15 is 0 Å². The van der Waals surface area contributed by atoms with Gasteiger partial charge in [0.2, 0.25) is 0 Å². The van der Waals surface area contributed by atoms with Crippen LogP contribution < -0.4 is 10.1 Å². The number of rotatable bonds is 5. The first kappa shape index (κ1) is 20.6. The number of nitrogens with zero attached hydrogens (tertiary/aromatic N) is 2. The summed E-state index contributed by atoms with van der Waals surface area (Å²) in [5.74, 6) is 0.911. The second kappa shape index (κ2) is 9.39. The van der Waals surface area contributed by atoms with Crippen molar-refractivity contribution in [3.05, 3.63) is 59.2 Å². The Hall–Kier alpha value is -2.11. The molecule has 0 spiro atoms. The van der Waals surface area contributed by atoms with E-state index in [0.29, 0.717) is 6.04 Å². The summed E-state index contributed by atoms with van der Waals surface area (Å²) >= 11 is 5.88. The fourth-order valence-electron chi connectivity index (χ4n) is 3.70. The van der Waals surface area contributed by atoms with Crippen molar-refractivity contribution in [1.82, 2.24) is 9.80 Å². The highest BCUT2D eigenvalue weighted by molar-refractivity contribution is 7.80. The average molecular weight is 398 g/mol. The number of methoxy groups -OCH3 is 1. The molecule has 0 amide bonds. The van der Waals surface area contributed by atoms with Crippen LogP contribution in [0.15, 0.2) is 42.5 Å². The van der Waals surface area contributed by atoms with Crippen molar-refractivity contribution in [2.75, 3.05) is 32.6 Å². The number of piperidine rings is 1. The van der Waals surface area contributed by atoms with Gasteiger partial charge in [0.05, 0.1) is 7.11 Å². The number of ether oxygens (including phenoxy) is 1. The molecule has 1 N–H and O–H groups in total. The van der Waals surface area contributed by atoms with E-state index in [1.807, 2.05) is 12.1 Å². The Labute approximate surface area is 174 Å². The van der Waals surface area contributed by atoms with Gasteiger partial charge in [-0.05, 0) is 88.4 Å². The Morgan fingerprint density at radius 3 is 2.54 bits per heavy atom. The summed E-state index contributed by atoms with van der Waals surface area (Å²) in [6, 6.07) is 15.0. The van der Waals surface area contributed by atoms with Crippen molar-refractivity contribution in [2.24, 2.45) is 0 Å². The van der Waals surface area contributed by atoms with Gasteiger partial charge in [0.25, 0.3) is 0 Å². The highest BCUT2D eigenvalue weighted by atomic mass is 32.1. The monoisotopic (exact) mass is 397 g/mol. The quantitative estimate of drug-likeness (QED) is 0.744. The molecule has 0 unspecified atom stereocenters. The fourth-order valence-corrected chi connectivity index (χ4v) is 4.04. The minimum absolute atomic E-state index is 0.424. The van der Waals surface area contributed by atoms with E-state index < -0.39 is 0 Å². The van der Waals surface area contributed by atoms with Crippen LogP contribution in [0.1, 0.15) is 29.5 Å². The summed E-state index contributed by atoms with van der Waals surface area (Å²) in [6.45, 7) is 7.20. The lowest BCUT2D eigenvalue weighted by Gasteiger charge is -2.39. The van der Waals surface area contributed by atoms with Crippen LogP contribution in [0, 0.1) is 13.8 Å². The molecule has 0 aliphatic carbocycles. The lowest BCUT2D eigenvalue weighted by atomic mass is 10.0. The summed E-state index contributed by atoms with van der Waals surface area (Å²) in [6.07, 6.45) is 2.22. The molecule has 4 nitrogen and oxygen atoms in total. The lowest BCUT2D eigenvalue weighted by Crippen LogP contribution is -2.47. The summed E-state index contributed by atoms with van der Waals surface area (Å²) < 4.78 is 5.58. The van der Waals surface area contributed by atoms with Crippen LogP contribution >= 0.6 is 12.2 Å². The maximum atomic E-state index is 5.88. The predicted octanol–water partition coefficient (Wildman–Crippen LogP) is 4.61. The first-order valence-electron chi connectivity index (χ1n) is 9.93. The first-order valence-corrected chi connectivity index (χ1v) is 10.3. The predicted molar refractivity (Wildman–Crippen MR) is 121 cm³/mol. The summed E-state index contributed by atoms with van der Waals surface area (Å²) in [4.78, 5) is 4.73. The van der Waals surface area contributed by atoms with Crippen LogP contribution in [-0.2, 0) is 6.54 Å². The van der Waals surface area contributed by atoms with Gasteiger partial charge in [0.1, 0.15) is 5.75 Å². The highest BCUT2D eigenvalue weighted by Gasteiger charge is 2.26. The van der Waals surface area contributed by atoms with Gasteiger partial charge in [-0.25, -0.2) is 0 Å². The zero-order valence-corrected chi connectivity index (χ0v) is 18.2. The van der Waals surface area contributed by atoms with Gasteiger partial charge in [0.15, 0.2) is 5.11 Å². The third kappa shape index (κ3) is 5.03. The Balaban J connectivity index is 1.82. The molecule has 1 aliphatic rings. The number of aryl methyl sites for hydroxylation is 2. The molecule has 1 fully saturated rings. The Morgan fingerprint density at radius 2 is 1.86 bits per heavy atom. The zero-order chi connectivity index (χ0) is 20.1. The summed E-state index contributed by atoms with van der Waals surface area (Å²) in [5.41, 5.74) is 4.76. The minimum atomic E-state index is 0.424. The van der Waals surface area contributed by atoms with Crippen molar-refractivity contribution >= 4 is 23.0 Å². The van der Waals surface area contributed by atoms with Crippen LogP contribution in [0.2, 0.25) is 0 Å². The molecule has 1 saturated heterocycles. The van der Waals surface area contributed by atoms with Gasteiger partial charge < -0.3 is 19.9 Å². The highest BCUT2D eigenvalue weighted by Crippen LogP contribution is 2.25. The van der Waals surface area contributed by atoms with Crippen LogP contribution in [0.3, 0.4) is 0 Å². The van der Waals surface area contributed by atoms with Gasteiger partial charge >= 0.3 is 0 Å². The fraction of sp³-hybridized carbons (Fsp3) is 0.435. The largest absolute Gasteiger partial charge is 0.496 e. The molecule has 0 saturated carbocycles. The smallest absolute Gasteiger partial charge is 0.173 e. The number of hydrogen-bond acceptors (Lipinski definition) is 3. The third-order valence-electron chi connectivity index (χ3n) is 5.68. The molecule has 1 heterocycles. The molecule has 0 bridgehead atoms. The number of benzene rings is 2. The van der Waals surface area contributed by atoms with Gasteiger partial charge in [-0.15, -0.1) is 0 Å². The molecule has 150 valence electrons. The summed E-state index contributed by atoms with van der Waals surface area (Å²) in [7, 11) is 3.91. The van der Waals surface area contributed by atoms with Crippen LogP contribution in [-0.4, -0.2) is 48.2 Å². The number of anilines is 1. The molecular formula is C23H31N3OS. The molecule has 5 heteroatoms. The van der Waals surface area contributed by atoms with Crippen molar-refractivity contribution in [3.63, 3.8) is 0 Å². The summed E-state index contributed by atoms with van der Waals surface area (Å²) in [5, 5.41) is 4.26. The molecule has 1 aliphatic heterocycles. The lowest BCUT2D eigenvalue weighted by molar-refractivity contribution is 0.173. The SMILES string of the molecule is COc1ccccc1CN(C(=S)Nc1ccc(C)c(C)c1)C1CCN(C)CC1. The number of thiocarbonyl (C=S) groups is 1. The van der Waals surface area contributed by atoms with E-state index in [1.54, 1.807) is 7.11 Å². The van der Waals surface area contributed by atoms with Gasteiger partial charge in [-0.1, -0.05) is 24.3 Å². The van der Waals surface area contributed by atoms with Gasteiger partial charge in [-0.2, -0.15) is 0 Å². The van der Waals surface area contributed by atoms with E-state index in [1.165, 1.54) is 11.1 Å². The maximum absolute atomic E-state index is 5.88. The molecule has 0 atom stereocenters. The molecule has 2 aromatic carbocycles. The molecule has 0 radical (unpaired) electrons. The van der Waals surface area contributed by atoms with Crippen molar-refractivity contribution < 1.29 is 4.74 Å². The Bertz CT molecular complexity index is 815.